The van der Waals surface area contributed by atoms with E-state index in [1.165, 1.54) is 18.2 Å². The van der Waals surface area contributed by atoms with Crippen molar-refractivity contribution >= 4 is 17.8 Å². The highest BCUT2D eigenvalue weighted by molar-refractivity contribution is 5.87. The first-order chi connectivity index (χ1) is 13.6. The summed E-state index contributed by atoms with van der Waals surface area (Å²) in [7, 11) is 0. The number of hydrogen-bond acceptors (Lipinski definition) is 9. The minimum atomic E-state index is -1.80. The Morgan fingerprint density at radius 2 is 1.76 bits per heavy atom. The van der Waals surface area contributed by atoms with Gasteiger partial charge in [-0.25, -0.2) is 4.79 Å². The summed E-state index contributed by atoms with van der Waals surface area (Å²) in [5.41, 5.74) is 0.591. The molecule has 2 rings (SSSR count). The zero-order chi connectivity index (χ0) is 21.7. The molecule has 7 atom stereocenters. The molecule has 9 heteroatoms. The summed E-state index contributed by atoms with van der Waals surface area (Å²) in [5, 5.41) is 49.6. The highest BCUT2D eigenvalue weighted by Gasteiger charge is 2.49. The largest absolute Gasteiger partial charge is 0.508 e. The summed E-state index contributed by atoms with van der Waals surface area (Å²) in [6, 6.07) is 5.96. The summed E-state index contributed by atoms with van der Waals surface area (Å²) < 4.78 is 10.2. The smallest absolute Gasteiger partial charge is 0.333 e. The molecule has 0 aliphatic carbocycles. The molecular weight excluding hydrogens is 384 g/mol. The molecule has 0 saturated carbocycles. The molecule has 1 saturated heterocycles. The number of benzene rings is 1. The Hall–Kier alpha value is -2.30. The molecule has 0 aromatic heterocycles. The summed E-state index contributed by atoms with van der Waals surface area (Å²) in [4.78, 5) is 24.2. The van der Waals surface area contributed by atoms with Crippen molar-refractivity contribution in [2.75, 3.05) is 0 Å². The van der Waals surface area contributed by atoms with Gasteiger partial charge in [0.1, 0.15) is 36.3 Å². The Morgan fingerprint density at radius 3 is 2.34 bits per heavy atom. The van der Waals surface area contributed by atoms with E-state index in [4.69, 9.17) is 9.47 Å². The number of rotatable bonds is 7. The fourth-order valence-corrected chi connectivity index (χ4v) is 2.79. The van der Waals surface area contributed by atoms with Crippen molar-refractivity contribution in [1.82, 2.24) is 0 Å². The van der Waals surface area contributed by atoms with Crippen LogP contribution in [-0.2, 0) is 19.1 Å². The topological polar surface area (TPSA) is 154 Å². The van der Waals surface area contributed by atoms with E-state index in [0.717, 1.165) is 6.08 Å². The van der Waals surface area contributed by atoms with Crippen LogP contribution in [-0.4, -0.2) is 74.1 Å². The predicted octanol–water partition coefficient (Wildman–Crippen LogP) is -0.268. The molecule has 1 fully saturated rings. The number of hydrogen-bond donors (Lipinski definition) is 5. The Bertz CT molecular complexity index is 730. The molecule has 1 aromatic carbocycles. The zero-order valence-electron chi connectivity index (χ0n) is 16.1. The number of carbonyl (C=O) groups excluding carboxylic acids is 2. The number of ether oxygens (including phenoxy) is 2. The maximum Gasteiger partial charge on any atom is 0.333 e. The molecule has 0 radical (unpaired) electrons. The van der Waals surface area contributed by atoms with Gasteiger partial charge in [0, 0.05) is 12.0 Å². The molecule has 0 bridgehead atoms. The number of phenolic OH excluding ortho intramolecular Hbond substituents is 1. The fraction of sp³-hybridized carbons (Fsp3) is 0.500. The molecule has 1 heterocycles. The van der Waals surface area contributed by atoms with Crippen molar-refractivity contribution in [2.45, 2.75) is 57.1 Å². The second kappa shape index (κ2) is 9.95. The van der Waals surface area contributed by atoms with Gasteiger partial charge in [-0.2, -0.15) is 0 Å². The minimum Gasteiger partial charge on any atom is -0.508 e. The third-order valence-corrected chi connectivity index (χ3v) is 4.84. The van der Waals surface area contributed by atoms with Crippen molar-refractivity contribution in [1.29, 1.82) is 0 Å². The summed E-state index contributed by atoms with van der Waals surface area (Å²) in [6.45, 7) is 3.34. The standard InChI is InChI=1S/C20H26O9/c1-3-10(2)14(23)16(25)19-17(26)15(24)18(27)20(29-19)28-13(22)9-6-11-4-7-12(21)8-5-11/h4-10,15-21,24-27H,3H2,1-2H3/b9-6-/t10?,15-,16?,17-,18+,19+,20+/m0/s1. The molecule has 160 valence electrons. The molecule has 1 aliphatic heterocycles. The van der Waals surface area contributed by atoms with E-state index >= 15 is 0 Å². The van der Waals surface area contributed by atoms with Gasteiger partial charge in [-0.1, -0.05) is 26.0 Å². The first-order valence-corrected chi connectivity index (χ1v) is 9.24. The number of aliphatic hydroxyl groups is 4. The van der Waals surface area contributed by atoms with Crippen LogP contribution in [0.1, 0.15) is 25.8 Å². The van der Waals surface area contributed by atoms with E-state index < -0.39 is 54.5 Å². The minimum absolute atomic E-state index is 0.0625. The maximum absolute atomic E-state index is 12.2. The van der Waals surface area contributed by atoms with Gasteiger partial charge in [-0.15, -0.1) is 0 Å². The number of Topliss-reactive ketones (excluding diaryl/α,β-unsaturated/α-hetero) is 1. The molecule has 1 aromatic rings. The highest BCUT2D eigenvalue weighted by atomic mass is 16.7. The van der Waals surface area contributed by atoms with E-state index in [2.05, 4.69) is 0 Å². The van der Waals surface area contributed by atoms with E-state index in [1.807, 2.05) is 0 Å². The Balaban J connectivity index is 2.07. The molecule has 0 amide bonds. The van der Waals surface area contributed by atoms with Crippen LogP contribution >= 0.6 is 0 Å². The van der Waals surface area contributed by atoms with Crippen LogP contribution in [0.4, 0.5) is 0 Å². The molecule has 0 spiro atoms. The van der Waals surface area contributed by atoms with Gasteiger partial charge in [0.2, 0.25) is 6.29 Å². The van der Waals surface area contributed by atoms with Crippen LogP contribution in [0.5, 0.6) is 5.75 Å². The lowest BCUT2D eigenvalue weighted by Gasteiger charge is -2.41. The van der Waals surface area contributed by atoms with Crippen molar-refractivity contribution < 1.29 is 44.6 Å². The van der Waals surface area contributed by atoms with Gasteiger partial charge in [0.25, 0.3) is 0 Å². The zero-order valence-corrected chi connectivity index (χ0v) is 16.1. The van der Waals surface area contributed by atoms with E-state index in [9.17, 15) is 35.1 Å². The van der Waals surface area contributed by atoms with Crippen LogP contribution in [0.2, 0.25) is 0 Å². The first kappa shape index (κ1) is 23.0. The van der Waals surface area contributed by atoms with Crippen LogP contribution in [0.3, 0.4) is 0 Å². The van der Waals surface area contributed by atoms with Crippen molar-refractivity contribution in [3.05, 3.63) is 35.9 Å². The number of ketones is 1. The van der Waals surface area contributed by atoms with E-state index in [1.54, 1.807) is 26.0 Å². The normalized spacial score (nSPS) is 29.4. The fourth-order valence-electron chi connectivity index (χ4n) is 2.79. The average molecular weight is 410 g/mol. The predicted molar refractivity (Wildman–Crippen MR) is 100 cm³/mol. The van der Waals surface area contributed by atoms with Gasteiger partial charge < -0.3 is 35.0 Å². The molecular formula is C20H26O9. The second-order valence-corrected chi connectivity index (χ2v) is 6.96. The van der Waals surface area contributed by atoms with Crippen LogP contribution in [0, 0.1) is 5.92 Å². The Labute approximate surface area is 167 Å². The lowest BCUT2D eigenvalue weighted by Crippen LogP contribution is -2.62. The van der Waals surface area contributed by atoms with Crippen molar-refractivity contribution in [3.63, 3.8) is 0 Å². The van der Waals surface area contributed by atoms with Gasteiger partial charge in [0.15, 0.2) is 5.78 Å². The number of aromatic hydroxyl groups is 1. The van der Waals surface area contributed by atoms with Gasteiger partial charge in [-0.05, 0) is 30.2 Å². The van der Waals surface area contributed by atoms with Gasteiger partial charge in [-0.3, -0.25) is 4.79 Å². The monoisotopic (exact) mass is 410 g/mol. The maximum atomic E-state index is 12.2. The van der Waals surface area contributed by atoms with E-state index in [-0.39, 0.29) is 5.75 Å². The Morgan fingerprint density at radius 1 is 1.14 bits per heavy atom. The van der Waals surface area contributed by atoms with Crippen molar-refractivity contribution in [3.8, 4) is 5.75 Å². The molecule has 9 nitrogen and oxygen atoms in total. The highest BCUT2D eigenvalue weighted by Crippen LogP contribution is 2.26. The number of phenols is 1. The SMILES string of the molecule is CCC(C)C(=O)C(O)[C@H]1O[C@@H](OC(=O)/C=C\c2ccc(O)cc2)[C@H](O)[C@@H](O)[C@@H]1O. The average Bonchev–Trinajstić information content (AvgIpc) is 2.72. The summed E-state index contributed by atoms with van der Waals surface area (Å²) in [5.74, 6) is -1.98. The quantitative estimate of drug-likeness (QED) is 0.302. The molecule has 5 N–H and O–H groups in total. The molecule has 2 unspecified atom stereocenters. The van der Waals surface area contributed by atoms with Gasteiger partial charge in [0.05, 0.1) is 0 Å². The van der Waals surface area contributed by atoms with Crippen LogP contribution in [0.25, 0.3) is 6.08 Å². The van der Waals surface area contributed by atoms with Crippen LogP contribution in [0.15, 0.2) is 30.3 Å². The Kier molecular flexibility index (Phi) is 7.88. The molecule has 1 aliphatic rings. The van der Waals surface area contributed by atoms with Crippen LogP contribution < -0.4 is 0 Å². The van der Waals surface area contributed by atoms with Gasteiger partial charge >= 0.3 is 5.97 Å². The lowest BCUT2D eigenvalue weighted by molar-refractivity contribution is -0.298. The number of aliphatic hydroxyl groups excluding tert-OH is 4. The number of esters is 1. The second-order valence-electron chi connectivity index (χ2n) is 6.96. The molecule has 29 heavy (non-hydrogen) atoms. The lowest BCUT2D eigenvalue weighted by atomic mass is 9.89. The first-order valence-electron chi connectivity index (χ1n) is 9.24. The third kappa shape index (κ3) is 5.62. The number of carbonyl (C=O) groups is 2. The summed E-state index contributed by atoms with van der Waals surface area (Å²) in [6.07, 6.45) is -7.50. The summed E-state index contributed by atoms with van der Waals surface area (Å²) >= 11 is 0. The van der Waals surface area contributed by atoms with E-state index in [0.29, 0.717) is 12.0 Å². The third-order valence-electron chi connectivity index (χ3n) is 4.84. The van der Waals surface area contributed by atoms with Crippen molar-refractivity contribution in [2.24, 2.45) is 5.92 Å².